The van der Waals surface area contributed by atoms with E-state index in [2.05, 4.69) is 32.0 Å². The first-order chi connectivity index (χ1) is 6.11. The van der Waals surface area contributed by atoms with Gasteiger partial charge in [0.2, 0.25) is 0 Å². The molecule has 0 spiro atoms. The number of rotatable bonds is 3. The van der Waals surface area contributed by atoms with Gasteiger partial charge in [0.15, 0.2) is 0 Å². The van der Waals surface area contributed by atoms with Crippen molar-refractivity contribution < 1.29 is 5.11 Å². The molecule has 1 rings (SSSR count). The van der Waals surface area contributed by atoms with Gasteiger partial charge in [0.05, 0.1) is 6.10 Å². The molecular weight excluding hydrogens is 160 g/mol. The van der Waals surface area contributed by atoms with Crippen LogP contribution in [0.2, 0.25) is 0 Å². The second-order valence-electron chi connectivity index (χ2n) is 3.72. The van der Waals surface area contributed by atoms with Gasteiger partial charge in [-0.1, -0.05) is 18.2 Å². The Morgan fingerprint density at radius 3 is 2.23 bits per heavy atom. The molecule has 13 heavy (non-hydrogen) atoms. The summed E-state index contributed by atoms with van der Waals surface area (Å²) in [6, 6.07) is 6.28. The van der Waals surface area contributed by atoms with E-state index in [1.807, 2.05) is 0 Å². The molecule has 1 nitrogen and oxygen atoms in total. The maximum absolute atomic E-state index is 10.9. The van der Waals surface area contributed by atoms with Crippen LogP contribution in [0.3, 0.4) is 0 Å². The highest BCUT2D eigenvalue weighted by atomic mass is 16.3. The SMILES string of the molecule is Cc1cccc(C)c1CCC(C)[O]. The molecule has 0 bridgehead atoms. The summed E-state index contributed by atoms with van der Waals surface area (Å²) in [5.41, 5.74) is 3.96. The van der Waals surface area contributed by atoms with E-state index in [4.69, 9.17) is 0 Å². The van der Waals surface area contributed by atoms with E-state index < -0.39 is 6.10 Å². The third kappa shape index (κ3) is 2.85. The van der Waals surface area contributed by atoms with Gasteiger partial charge in [-0.15, -0.1) is 0 Å². The van der Waals surface area contributed by atoms with E-state index in [9.17, 15) is 5.11 Å². The molecule has 0 amide bonds. The van der Waals surface area contributed by atoms with Crippen molar-refractivity contribution in [1.29, 1.82) is 0 Å². The summed E-state index contributed by atoms with van der Waals surface area (Å²) in [5, 5.41) is 10.9. The van der Waals surface area contributed by atoms with Crippen LogP contribution < -0.4 is 0 Å². The van der Waals surface area contributed by atoms with Crippen molar-refractivity contribution in [2.24, 2.45) is 0 Å². The lowest BCUT2D eigenvalue weighted by atomic mass is 9.98. The van der Waals surface area contributed by atoms with Crippen LogP contribution in [0, 0.1) is 13.8 Å². The summed E-state index contributed by atoms with van der Waals surface area (Å²) < 4.78 is 0. The second-order valence-corrected chi connectivity index (χ2v) is 3.72. The van der Waals surface area contributed by atoms with E-state index >= 15 is 0 Å². The van der Waals surface area contributed by atoms with E-state index in [1.54, 1.807) is 6.92 Å². The van der Waals surface area contributed by atoms with Crippen LogP contribution in [0.1, 0.15) is 30.0 Å². The zero-order valence-corrected chi connectivity index (χ0v) is 8.63. The summed E-state index contributed by atoms with van der Waals surface area (Å²) in [6.07, 6.45) is 1.22. The maximum Gasteiger partial charge on any atom is 0.0905 e. The lowest BCUT2D eigenvalue weighted by Crippen LogP contribution is -2.02. The molecule has 1 radical (unpaired) electrons. The van der Waals surface area contributed by atoms with E-state index in [1.165, 1.54) is 16.7 Å². The highest BCUT2D eigenvalue weighted by Gasteiger charge is 2.04. The molecule has 1 aromatic rings. The molecule has 0 fully saturated rings. The van der Waals surface area contributed by atoms with Crippen LogP contribution in [-0.4, -0.2) is 6.10 Å². The zero-order valence-electron chi connectivity index (χ0n) is 8.63. The minimum atomic E-state index is -0.445. The molecule has 0 heterocycles. The first-order valence-electron chi connectivity index (χ1n) is 4.82. The first kappa shape index (κ1) is 10.3. The fraction of sp³-hybridized carbons (Fsp3) is 0.500. The maximum atomic E-state index is 10.9. The first-order valence-corrected chi connectivity index (χ1v) is 4.82. The molecule has 1 unspecified atom stereocenters. The van der Waals surface area contributed by atoms with Crippen LogP contribution >= 0.6 is 0 Å². The zero-order chi connectivity index (χ0) is 9.84. The van der Waals surface area contributed by atoms with Crippen molar-refractivity contribution in [3.05, 3.63) is 34.9 Å². The minimum absolute atomic E-state index is 0.445. The molecule has 0 saturated carbocycles. The molecule has 1 atom stereocenters. The van der Waals surface area contributed by atoms with Crippen molar-refractivity contribution in [2.45, 2.75) is 39.7 Å². The van der Waals surface area contributed by atoms with Gasteiger partial charge in [-0.3, -0.25) is 0 Å². The summed E-state index contributed by atoms with van der Waals surface area (Å²) in [6.45, 7) is 5.95. The van der Waals surface area contributed by atoms with Crippen LogP contribution in [0.25, 0.3) is 0 Å². The Morgan fingerprint density at radius 2 is 1.77 bits per heavy atom. The Morgan fingerprint density at radius 1 is 1.23 bits per heavy atom. The Kier molecular flexibility index (Phi) is 3.49. The minimum Gasteiger partial charge on any atom is -0.233 e. The molecule has 71 valence electrons. The van der Waals surface area contributed by atoms with Crippen molar-refractivity contribution in [2.75, 3.05) is 0 Å². The smallest absolute Gasteiger partial charge is 0.0905 e. The Hall–Kier alpha value is -0.820. The van der Waals surface area contributed by atoms with Gasteiger partial charge in [-0.2, -0.15) is 0 Å². The van der Waals surface area contributed by atoms with Gasteiger partial charge in [-0.25, -0.2) is 5.11 Å². The van der Waals surface area contributed by atoms with Crippen molar-refractivity contribution in [1.82, 2.24) is 0 Å². The molecule has 0 N–H and O–H groups in total. The average Bonchev–Trinajstić information content (AvgIpc) is 2.03. The third-order valence-electron chi connectivity index (χ3n) is 2.45. The van der Waals surface area contributed by atoms with Gasteiger partial charge in [-0.05, 0) is 50.3 Å². The van der Waals surface area contributed by atoms with E-state index in [-0.39, 0.29) is 0 Å². The van der Waals surface area contributed by atoms with Crippen molar-refractivity contribution >= 4 is 0 Å². The highest BCUT2D eigenvalue weighted by molar-refractivity contribution is 5.33. The predicted octanol–water partition coefficient (Wildman–Crippen LogP) is 3.06. The summed E-state index contributed by atoms with van der Waals surface area (Å²) in [4.78, 5) is 0. The fourth-order valence-corrected chi connectivity index (χ4v) is 1.59. The lowest BCUT2D eigenvalue weighted by Gasteiger charge is -2.09. The predicted molar refractivity (Wildman–Crippen MR) is 54.4 cm³/mol. The summed E-state index contributed by atoms with van der Waals surface area (Å²) in [5.74, 6) is 0. The van der Waals surface area contributed by atoms with E-state index in [0.29, 0.717) is 0 Å². The molecule has 1 aromatic carbocycles. The highest BCUT2D eigenvalue weighted by Crippen LogP contribution is 2.15. The Balaban J connectivity index is 2.75. The number of hydrogen-bond acceptors (Lipinski definition) is 0. The molecule has 0 aliphatic rings. The van der Waals surface area contributed by atoms with Gasteiger partial charge in [0.1, 0.15) is 0 Å². The second kappa shape index (κ2) is 4.43. The number of aryl methyl sites for hydroxylation is 2. The van der Waals surface area contributed by atoms with Gasteiger partial charge in [0, 0.05) is 0 Å². The summed E-state index contributed by atoms with van der Waals surface area (Å²) >= 11 is 0. The van der Waals surface area contributed by atoms with Gasteiger partial charge < -0.3 is 0 Å². The van der Waals surface area contributed by atoms with Crippen LogP contribution in [0.15, 0.2) is 18.2 Å². The monoisotopic (exact) mass is 177 g/mol. The molecule has 1 heteroatoms. The van der Waals surface area contributed by atoms with E-state index in [0.717, 1.165) is 12.8 Å². The molecule has 0 aromatic heterocycles. The van der Waals surface area contributed by atoms with Gasteiger partial charge >= 0.3 is 0 Å². The topological polar surface area (TPSA) is 19.9 Å². The number of benzene rings is 1. The van der Waals surface area contributed by atoms with Crippen LogP contribution in [-0.2, 0) is 11.5 Å². The van der Waals surface area contributed by atoms with Crippen LogP contribution in [0.5, 0.6) is 0 Å². The Bertz CT molecular complexity index is 256. The summed E-state index contributed by atoms with van der Waals surface area (Å²) in [7, 11) is 0. The quantitative estimate of drug-likeness (QED) is 0.676. The number of hydrogen-bond donors (Lipinski definition) is 0. The Labute approximate surface area is 80.4 Å². The molecular formula is C12H17O. The average molecular weight is 177 g/mol. The standard InChI is InChI=1S/C12H17O/c1-9-5-4-6-10(2)12(9)8-7-11(3)13/h4-6,11H,7-8H2,1-3H3. The van der Waals surface area contributed by atoms with Crippen LogP contribution in [0.4, 0.5) is 0 Å². The third-order valence-corrected chi connectivity index (χ3v) is 2.45. The lowest BCUT2D eigenvalue weighted by molar-refractivity contribution is 0.0979. The van der Waals surface area contributed by atoms with Crippen molar-refractivity contribution in [3.63, 3.8) is 0 Å². The molecule has 0 aliphatic heterocycles. The molecule has 0 saturated heterocycles. The normalized spacial score (nSPS) is 12.9. The van der Waals surface area contributed by atoms with Gasteiger partial charge in [0.25, 0.3) is 0 Å². The fourth-order valence-electron chi connectivity index (χ4n) is 1.59. The molecule has 0 aliphatic carbocycles. The van der Waals surface area contributed by atoms with Crippen molar-refractivity contribution in [3.8, 4) is 0 Å². The largest absolute Gasteiger partial charge is 0.233 e.